The van der Waals surface area contributed by atoms with E-state index in [4.69, 9.17) is 13.3 Å². The fraction of sp³-hybridized carbons (Fsp3) is 0.0909. The van der Waals surface area contributed by atoms with Gasteiger partial charge in [-0.15, -0.1) is 0 Å². The lowest BCUT2D eigenvalue weighted by Crippen LogP contribution is -2.16. The van der Waals surface area contributed by atoms with Gasteiger partial charge < -0.3 is 18.2 Å². The molecule has 10 aromatic carbocycles. The van der Waals surface area contributed by atoms with Gasteiger partial charge in [-0.05, 0) is 122 Å². The van der Waals surface area contributed by atoms with E-state index in [1.165, 1.54) is 44.5 Å². The van der Waals surface area contributed by atoms with E-state index in [1.54, 1.807) is 0 Å². The molecule has 0 atom stereocenters. The molecule has 2 aliphatic rings. The molecule has 0 radical (unpaired) electrons. The van der Waals surface area contributed by atoms with Crippen molar-refractivity contribution in [3.05, 3.63) is 222 Å². The summed E-state index contributed by atoms with van der Waals surface area (Å²) in [5, 5.41) is 6.43. The summed E-state index contributed by atoms with van der Waals surface area (Å²) >= 11 is 0. The lowest BCUT2D eigenvalue weighted by atomic mass is 9.81. The van der Waals surface area contributed by atoms with Gasteiger partial charge in [-0.3, -0.25) is 0 Å². The minimum Gasteiger partial charge on any atom is -0.456 e. The van der Waals surface area contributed by atoms with Gasteiger partial charge in [0.1, 0.15) is 33.5 Å². The Labute approximate surface area is 404 Å². The van der Waals surface area contributed by atoms with E-state index in [1.807, 2.05) is 18.2 Å². The molecule has 2 aliphatic carbocycles. The van der Waals surface area contributed by atoms with Gasteiger partial charge in [0.2, 0.25) is 0 Å². The number of benzene rings is 10. The van der Waals surface area contributed by atoms with Gasteiger partial charge in [-0.25, -0.2) is 0 Å². The van der Waals surface area contributed by atoms with E-state index in [0.29, 0.717) is 0 Å². The maximum absolute atomic E-state index is 7.12. The Hall–Kier alpha value is -8.60. The van der Waals surface area contributed by atoms with Crippen molar-refractivity contribution >= 4 is 82.9 Å². The Balaban J connectivity index is 0.934. The van der Waals surface area contributed by atoms with Crippen molar-refractivity contribution in [2.45, 2.75) is 38.5 Å². The van der Waals surface area contributed by atoms with Crippen molar-refractivity contribution in [3.63, 3.8) is 0 Å². The maximum atomic E-state index is 7.12. The number of rotatable bonds is 5. The van der Waals surface area contributed by atoms with E-state index in [9.17, 15) is 0 Å². The van der Waals surface area contributed by atoms with Crippen LogP contribution in [0.5, 0.6) is 0 Å². The smallest absolute Gasteiger partial charge is 0.144 e. The molecule has 0 fully saturated rings. The highest BCUT2D eigenvalue weighted by atomic mass is 16.3. The first-order valence-corrected chi connectivity index (χ1v) is 24.3. The second-order valence-corrected chi connectivity index (χ2v) is 20.4. The number of nitrogens with zero attached hydrogens (tertiary/aromatic N) is 1. The molecule has 13 aromatic rings. The molecule has 0 bridgehead atoms. The number of hydrogen-bond acceptors (Lipinski definition) is 4. The molecule has 0 saturated heterocycles. The quantitative estimate of drug-likeness (QED) is 0.173. The van der Waals surface area contributed by atoms with E-state index in [2.05, 4.69) is 215 Å². The van der Waals surface area contributed by atoms with Crippen LogP contribution >= 0.6 is 0 Å². The summed E-state index contributed by atoms with van der Waals surface area (Å²) in [7, 11) is 0. The van der Waals surface area contributed by atoms with Crippen LogP contribution in [0.3, 0.4) is 0 Å². The molecule has 3 aromatic heterocycles. The molecule has 0 aliphatic heterocycles. The molecule has 0 amide bonds. The fourth-order valence-electron chi connectivity index (χ4n) is 12.4. The first kappa shape index (κ1) is 39.4. The van der Waals surface area contributed by atoms with E-state index >= 15 is 0 Å². The first-order valence-electron chi connectivity index (χ1n) is 24.3. The first-order chi connectivity index (χ1) is 34.2. The van der Waals surface area contributed by atoms with Gasteiger partial charge >= 0.3 is 0 Å². The van der Waals surface area contributed by atoms with Crippen molar-refractivity contribution in [2.24, 2.45) is 0 Å². The summed E-state index contributed by atoms with van der Waals surface area (Å²) in [6, 6.07) is 72.5. The predicted molar refractivity (Wildman–Crippen MR) is 289 cm³/mol. The normalized spacial score (nSPS) is 14.2. The molecule has 0 unspecified atom stereocenters. The van der Waals surface area contributed by atoms with Crippen molar-refractivity contribution < 1.29 is 13.3 Å². The highest BCUT2D eigenvalue weighted by Gasteiger charge is 2.37. The Morgan fingerprint density at radius 2 is 0.843 bits per heavy atom. The highest BCUT2D eigenvalue weighted by Crippen LogP contribution is 2.54. The van der Waals surface area contributed by atoms with Gasteiger partial charge in [-0.1, -0.05) is 161 Å². The molecule has 70 heavy (non-hydrogen) atoms. The second kappa shape index (κ2) is 14.0. The molecule has 0 saturated carbocycles. The lowest BCUT2D eigenvalue weighted by Gasteiger charge is -2.28. The third-order valence-corrected chi connectivity index (χ3v) is 15.9. The third-order valence-electron chi connectivity index (χ3n) is 15.9. The number of hydrogen-bond donors (Lipinski definition) is 0. The summed E-state index contributed by atoms with van der Waals surface area (Å²) in [6.07, 6.45) is 0. The lowest BCUT2D eigenvalue weighted by molar-refractivity contribution is 0.660. The zero-order valence-corrected chi connectivity index (χ0v) is 39.2. The van der Waals surface area contributed by atoms with Crippen molar-refractivity contribution in [1.82, 2.24) is 0 Å². The van der Waals surface area contributed by atoms with E-state index < -0.39 is 0 Å². The van der Waals surface area contributed by atoms with Crippen LogP contribution in [0.4, 0.5) is 17.1 Å². The monoisotopic (exact) mass is 899 g/mol. The average Bonchev–Trinajstić information content (AvgIpc) is 4.17. The van der Waals surface area contributed by atoms with Crippen molar-refractivity contribution in [3.8, 4) is 44.5 Å². The largest absolute Gasteiger partial charge is 0.456 e. The highest BCUT2D eigenvalue weighted by molar-refractivity contribution is 6.24. The Morgan fingerprint density at radius 3 is 1.60 bits per heavy atom. The van der Waals surface area contributed by atoms with Gasteiger partial charge in [-0.2, -0.15) is 0 Å². The van der Waals surface area contributed by atoms with Crippen LogP contribution in [0.2, 0.25) is 0 Å². The molecule has 0 N–H and O–H groups in total. The topological polar surface area (TPSA) is 42.7 Å². The third kappa shape index (κ3) is 5.36. The van der Waals surface area contributed by atoms with Gasteiger partial charge in [0, 0.05) is 71.3 Å². The summed E-state index contributed by atoms with van der Waals surface area (Å²) in [6.45, 7) is 9.38. The Bertz CT molecular complexity index is 4360. The Kier molecular flexibility index (Phi) is 7.88. The van der Waals surface area contributed by atoms with Crippen LogP contribution in [-0.4, -0.2) is 0 Å². The molecule has 15 rings (SSSR count). The van der Waals surface area contributed by atoms with Crippen molar-refractivity contribution in [2.75, 3.05) is 4.90 Å². The zero-order chi connectivity index (χ0) is 46.6. The molecule has 4 heteroatoms. The van der Waals surface area contributed by atoms with Crippen LogP contribution in [0, 0.1) is 0 Å². The molecule has 0 spiro atoms. The van der Waals surface area contributed by atoms with Gasteiger partial charge in [0.05, 0.1) is 0 Å². The van der Waals surface area contributed by atoms with Gasteiger partial charge in [0.25, 0.3) is 0 Å². The van der Waals surface area contributed by atoms with Crippen LogP contribution in [0.25, 0.3) is 110 Å². The fourth-order valence-corrected chi connectivity index (χ4v) is 12.4. The predicted octanol–water partition coefficient (Wildman–Crippen LogP) is 18.8. The van der Waals surface area contributed by atoms with Crippen molar-refractivity contribution in [1.29, 1.82) is 0 Å². The maximum Gasteiger partial charge on any atom is 0.144 e. The summed E-state index contributed by atoms with van der Waals surface area (Å²) in [4.78, 5) is 2.39. The number of furan rings is 3. The van der Waals surface area contributed by atoms with Gasteiger partial charge in [0.15, 0.2) is 0 Å². The van der Waals surface area contributed by atoms with E-state index in [-0.39, 0.29) is 10.8 Å². The average molecular weight is 900 g/mol. The summed E-state index contributed by atoms with van der Waals surface area (Å²) in [5.41, 5.74) is 22.9. The van der Waals surface area contributed by atoms with Crippen LogP contribution in [0.1, 0.15) is 49.9 Å². The number of anilines is 3. The molecule has 3 heterocycles. The minimum atomic E-state index is -0.169. The summed E-state index contributed by atoms with van der Waals surface area (Å²) < 4.78 is 20.4. The zero-order valence-electron chi connectivity index (χ0n) is 39.2. The van der Waals surface area contributed by atoms with Crippen LogP contribution in [0.15, 0.2) is 213 Å². The van der Waals surface area contributed by atoms with Crippen LogP contribution in [-0.2, 0) is 10.8 Å². The standard InChI is InChI=1S/C66H45NO3/c1-65(2)53-20-9-5-14-44(53)46-31-26-39(34-55(46)65)61-62-50-17-8-12-23-58(50)68-60(62)37-52-51-35-41(30-33-59(51)70-64(52)61)67(42-29-32-47-45-15-6-10-21-54(45)66(3,4)56(47)36-42)40-27-24-38(25-28-40)43-18-13-19-49-48-16-7-11-22-57(48)69-63(43)49/h5-37H,1-4H3. The molecular formula is C66H45NO3. The Morgan fingerprint density at radius 1 is 0.314 bits per heavy atom. The number of para-hydroxylation sites is 3. The van der Waals surface area contributed by atoms with Crippen LogP contribution < -0.4 is 4.90 Å². The second-order valence-electron chi connectivity index (χ2n) is 20.4. The minimum absolute atomic E-state index is 0.159. The SMILES string of the molecule is CC1(C)c2ccccc2-c2ccc(-c3c4oc5ccc(N(c6ccc(-c7cccc8c7oc7ccccc78)cc6)c6ccc7c(c6)C(C)(C)c6ccccc6-7)cc5c4cc4oc5ccccc5c34)cc21. The van der Waals surface area contributed by atoms with E-state index in [0.717, 1.165) is 105 Å². The number of fused-ring (bicyclic) bond motifs is 15. The summed E-state index contributed by atoms with van der Waals surface area (Å²) in [5.74, 6) is 0. The molecule has 4 nitrogen and oxygen atoms in total. The molecular weight excluding hydrogens is 855 g/mol. The molecule has 332 valence electrons.